The van der Waals surface area contributed by atoms with Crippen molar-refractivity contribution in [3.63, 3.8) is 0 Å². The van der Waals surface area contributed by atoms with Gasteiger partial charge in [-0.05, 0) is 25.1 Å². The number of nitriles is 1. The van der Waals surface area contributed by atoms with Crippen LogP contribution < -0.4 is 0 Å². The summed E-state index contributed by atoms with van der Waals surface area (Å²) in [5.41, 5.74) is 4.94. The molecule has 1 fully saturated rings. The largest absolute Gasteiger partial charge is 0.299 e. The number of aromatic amines is 1. The number of fused-ring (bicyclic) bond motifs is 1. The Balaban J connectivity index is 1.57. The maximum Gasteiger partial charge on any atom is 0.112 e. The Bertz CT molecular complexity index is 1230. The number of aryl methyl sites for hydroxylation is 1. The van der Waals surface area contributed by atoms with Gasteiger partial charge in [0.05, 0.1) is 42.3 Å². The molecule has 4 aromatic rings. The molecule has 0 atom stereocenters. The molecule has 9 nitrogen and oxygen atoms in total. The number of hydrogen-bond acceptors (Lipinski definition) is 6. The average molecular weight is 401 g/mol. The van der Waals surface area contributed by atoms with Gasteiger partial charge in [0.1, 0.15) is 16.9 Å². The third kappa shape index (κ3) is 2.88. The Morgan fingerprint density at radius 2 is 2.07 bits per heavy atom. The zero-order valence-electron chi connectivity index (χ0n) is 17.1. The normalized spacial score (nSPS) is 15.9. The average Bonchev–Trinajstić information content (AvgIpc) is 3.49. The highest BCUT2D eigenvalue weighted by Gasteiger charge is 2.44. The van der Waals surface area contributed by atoms with Crippen molar-refractivity contribution in [3.8, 4) is 28.7 Å². The molecule has 0 unspecified atom stereocenters. The fourth-order valence-electron chi connectivity index (χ4n) is 4.14. The van der Waals surface area contributed by atoms with Crippen LogP contribution in [0.3, 0.4) is 0 Å². The predicted molar refractivity (Wildman–Crippen MR) is 111 cm³/mol. The zero-order valence-corrected chi connectivity index (χ0v) is 17.1. The van der Waals surface area contributed by atoms with E-state index in [2.05, 4.69) is 45.2 Å². The van der Waals surface area contributed by atoms with Gasteiger partial charge in [0.2, 0.25) is 0 Å². The van der Waals surface area contributed by atoms with Crippen LogP contribution in [-0.4, -0.2) is 59.1 Å². The van der Waals surface area contributed by atoms with E-state index in [9.17, 15) is 5.26 Å². The van der Waals surface area contributed by atoms with Gasteiger partial charge in [-0.2, -0.15) is 20.6 Å². The molecular weight excluding hydrogens is 378 g/mol. The van der Waals surface area contributed by atoms with Gasteiger partial charge in [-0.15, -0.1) is 0 Å². The molecule has 1 aliphatic heterocycles. The Labute approximate surface area is 174 Å². The molecule has 0 aromatic carbocycles. The minimum Gasteiger partial charge on any atom is -0.299 e. The fourth-order valence-corrected chi connectivity index (χ4v) is 4.14. The molecule has 4 aromatic heterocycles. The van der Waals surface area contributed by atoms with Crippen molar-refractivity contribution in [2.75, 3.05) is 19.6 Å². The van der Waals surface area contributed by atoms with Crippen LogP contribution in [0.5, 0.6) is 0 Å². The highest BCUT2D eigenvalue weighted by atomic mass is 15.4. The standard InChI is InChI=1S/C21H23N9/c1-3-16-9-17(27-26-16)18-12-29-19(5-8-23-29)20(25-18)15-10-24-30(11-15)21(6-7-22)13-28(4-2)14-21/h5,8-12H,3-4,6,13-14H2,1-2H3,(H,26,27). The third-order valence-electron chi connectivity index (χ3n) is 5.90. The van der Waals surface area contributed by atoms with E-state index >= 15 is 0 Å². The van der Waals surface area contributed by atoms with Gasteiger partial charge < -0.3 is 0 Å². The van der Waals surface area contributed by atoms with Crippen molar-refractivity contribution >= 4 is 5.52 Å². The Hall–Kier alpha value is -3.51. The molecule has 5 rings (SSSR count). The maximum atomic E-state index is 9.37. The summed E-state index contributed by atoms with van der Waals surface area (Å²) in [6, 6.07) is 6.30. The molecule has 1 saturated heterocycles. The van der Waals surface area contributed by atoms with Gasteiger partial charge in [0, 0.05) is 30.5 Å². The van der Waals surface area contributed by atoms with Crippen molar-refractivity contribution in [2.24, 2.45) is 0 Å². The molecule has 0 saturated carbocycles. The lowest BCUT2D eigenvalue weighted by molar-refractivity contribution is 0.00951. The van der Waals surface area contributed by atoms with Gasteiger partial charge in [0.25, 0.3) is 0 Å². The summed E-state index contributed by atoms with van der Waals surface area (Å²) >= 11 is 0. The van der Waals surface area contributed by atoms with E-state index in [-0.39, 0.29) is 5.54 Å². The Morgan fingerprint density at radius 3 is 2.80 bits per heavy atom. The number of nitrogens with one attached hydrogen (secondary N) is 1. The van der Waals surface area contributed by atoms with Crippen LogP contribution in [-0.2, 0) is 12.0 Å². The molecule has 152 valence electrons. The minimum atomic E-state index is -0.268. The molecule has 0 aliphatic carbocycles. The summed E-state index contributed by atoms with van der Waals surface area (Å²) in [4.78, 5) is 7.22. The summed E-state index contributed by atoms with van der Waals surface area (Å²) in [6.07, 6.45) is 8.81. The highest BCUT2D eigenvalue weighted by molar-refractivity contribution is 5.77. The van der Waals surface area contributed by atoms with Crippen LogP contribution in [0.15, 0.2) is 36.9 Å². The smallest absolute Gasteiger partial charge is 0.112 e. The second-order valence-corrected chi connectivity index (χ2v) is 7.80. The molecule has 30 heavy (non-hydrogen) atoms. The number of rotatable bonds is 6. The van der Waals surface area contributed by atoms with Crippen molar-refractivity contribution in [1.29, 1.82) is 5.26 Å². The van der Waals surface area contributed by atoms with E-state index in [1.54, 1.807) is 6.20 Å². The van der Waals surface area contributed by atoms with Crippen molar-refractivity contribution in [1.82, 2.24) is 39.5 Å². The van der Waals surface area contributed by atoms with Gasteiger partial charge in [-0.3, -0.25) is 14.7 Å². The predicted octanol–water partition coefficient (Wildman–Crippen LogP) is 2.49. The lowest BCUT2D eigenvalue weighted by Crippen LogP contribution is -2.62. The number of likely N-dealkylation sites (tertiary alicyclic amines) is 1. The van der Waals surface area contributed by atoms with E-state index in [0.717, 1.165) is 59.9 Å². The van der Waals surface area contributed by atoms with Crippen molar-refractivity contribution < 1.29 is 0 Å². The van der Waals surface area contributed by atoms with E-state index in [1.165, 1.54) is 0 Å². The third-order valence-corrected chi connectivity index (χ3v) is 5.90. The van der Waals surface area contributed by atoms with Crippen LogP contribution in [0.25, 0.3) is 28.2 Å². The van der Waals surface area contributed by atoms with Crippen LogP contribution in [0.1, 0.15) is 26.0 Å². The van der Waals surface area contributed by atoms with Gasteiger partial charge in [-0.25, -0.2) is 9.50 Å². The highest BCUT2D eigenvalue weighted by Crippen LogP contribution is 2.34. The molecule has 0 radical (unpaired) electrons. The van der Waals surface area contributed by atoms with Crippen LogP contribution >= 0.6 is 0 Å². The number of hydrogen-bond donors (Lipinski definition) is 1. The first-order chi connectivity index (χ1) is 14.7. The number of H-pyrrole nitrogens is 1. The van der Waals surface area contributed by atoms with E-state index in [1.807, 2.05) is 39.9 Å². The summed E-state index contributed by atoms with van der Waals surface area (Å²) in [5, 5.41) is 25.9. The topological polar surface area (TPSA) is 104 Å². The van der Waals surface area contributed by atoms with Gasteiger partial charge >= 0.3 is 0 Å². The first kappa shape index (κ1) is 18.5. The van der Waals surface area contributed by atoms with E-state index in [4.69, 9.17) is 4.98 Å². The van der Waals surface area contributed by atoms with Crippen LogP contribution in [0, 0.1) is 11.3 Å². The summed E-state index contributed by atoms with van der Waals surface area (Å²) in [6.45, 7) is 6.86. The molecule has 5 heterocycles. The first-order valence-electron chi connectivity index (χ1n) is 10.2. The second kappa shape index (κ2) is 7.07. The maximum absolute atomic E-state index is 9.37. The molecule has 0 spiro atoms. The van der Waals surface area contributed by atoms with Crippen LogP contribution in [0.2, 0.25) is 0 Å². The van der Waals surface area contributed by atoms with Gasteiger partial charge in [0.15, 0.2) is 0 Å². The molecule has 1 N–H and O–H groups in total. The van der Waals surface area contributed by atoms with Crippen molar-refractivity contribution in [3.05, 3.63) is 42.6 Å². The zero-order chi connectivity index (χ0) is 20.7. The molecule has 9 heteroatoms. The SMILES string of the molecule is CCc1cc(-c2cn3nccc3c(-c3cnn(C4(CC#N)CN(CC)C4)c3)n2)n[nH]1. The van der Waals surface area contributed by atoms with Crippen molar-refractivity contribution in [2.45, 2.75) is 32.2 Å². The summed E-state index contributed by atoms with van der Waals surface area (Å²) in [7, 11) is 0. The lowest BCUT2D eigenvalue weighted by atomic mass is 9.87. The molecule has 0 amide bonds. The molecule has 0 bridgehead atoms. The second-order valence-electron chi connectivity index (χ2n) is 7.80. The number of aromatic nitrogens is 7. The summed E-state index contributed by atoms with van der Waals surface area (Å²) in [5.74, 6) is 0. The lowest BCUT2D eigenvalue weighted by Gasteiger charge is -2.48. The molecular formula is C21H23N9. The fraction of sp³-hybridized carbons (Fsp3) is 0.381. The first-order valence-corrected chi connectivity index (χ1v) is 10.2. The summed E-state index contributed by atoms with van der Waals surface area (Å²) < 4.78 is 3.77. The van der Waals surface area contributed by atoms with Crippen LogP contribution in [0.4, 0.5) is 0 Å². The van der Waals surface area contributed by atoms with Gasteiger partial charge in [-0.1, -0.05) is 13.8 Å². The number of likely N-dealkylation sites (N-methyl/N-ethyl adjacent to an activating group) is 1. The van der Waals surface area contributed by atoms with E-state index in [0.29, 0.717) is 6.42 Å². The van der Waals surface area contributed by atoms with E-state index < -0.39 is 0 Å². The Kier molecular flexibility index (Phi) is 4.37. The quantitative estimate of drug-likeness (QED) is 0.532. The minimum absolute atomic E-state index is 0.268. The Morgan fingerprint density at radius 1 is 1.20 bits per heavy atom. The monoisotopic (exact) mass is 401 g/mol. The number of nitrogens with zero attached hydrogens (tertiary/aromatic N) is 8. The molecule has 1 aliphatic rings.